The Hall–Kier alpha value is -2.69. The van der Waals surface area contributed by atoms with Crippen molar-refractivity contribution < 1.29 is 4.74 Å². The Labute approximate surface area is 201 Å². The number of piperidine rings is 1. The van der Waals surface area contributed by atoms with Crippen molar-refractivity contribution in [3.05, 3.63) is 27.6 Å². The maximum Gasteiger partial charge on any atom is 0.266 e. The number of aromatic amines is 1. The summed E-state index contributed by atoms with van der Waals surface area (Å²) in [5.74, 6) is 1.24. The molecule has 3 aliphatic rings. The van der Waals surface area contributed by atoms with Gasteiger partial charge in [0.05, 0.1) is 23.4 Å². The number of halogens is 1. The molecule has 2 aliphatic heterocycles. The predicted molar refractivity (Wildman–Crippen MR) is 131 cm³/mol. The number of anilines is 2. The first kappa shape index (κ1) is 21.8. The van der Waals surface area contributed by atoms with E-state index >= 15 is 0 Å². The molecule has 0 bridgehead atoms. The lowest BCUT2D eigenvalue weighted by atomic mass is 9.73. The Bertz CT molecular complexity index is 1310. The van der Waals surface area contributed by atoms with Gasteiger partial charge in [0.25, 0.3) is 5.56 Å². The average Bonchev–Trinajstić information content (AvgIpc) is 3.50. The number of ether oxygens (including phenoxy) is 1. The molecule has 0 aromatic carbocycles. The van der Waals surface area contributed by atoms with Crippen molar-refractivity contribution in [2.45, 2.75) is 50.8 Å². The minimum Gasteiger partial charge on any atom is -0.376 e. The number of hydrogen-bond donors (Lipinski definition) is 3. The lowest BCUT2D eigenvalue weighted by molar-refractivity contribution is 0.0973. The number of fused-ring (bicyclic) bond motifs is 1. The number of rotatable bonds is 4. The summed E-state index contributed by atoms with van der Waals surface area (Å²) >= 11 is 6.67. The topological polar surface area (TPSA) is 127 Å². The van der Waals surface area contributed by atoms with E-state index in [-0.39, 0.29) is 23.1 Å². The van der Waals surface area contributed by atoms with Crippen LogP contribution in [0.2, 0.25) is 5.02 Å². The fourth-order valence-electron chi connectivity index (χ4n) is 5.31. The summed E-state index contributed by atoms with van der Waals surface area (Å²) in [6.07, 6.45) is 5.79. The van der Waals surface area contributed by atoms with Crippen LogP contribution in [0.25, 0.3) is 22.3 Å². The third-order valence-corrected chi connectivity index (χ3v) is 8.12. The predicted octanol–water partition coefficient (Wildman–Crippen LogP) is 2.28. The zero-order chi connectivity index (χ0) is 23.6. The summed E-state index contributed by atoms with van der Waals surface area (Å²) in [6.45, 7) is 4.26. The first-order valence-electron chi connectivity index (χ1n) is 11.9. The largest absolute Gasteiger partial charge is 0.376 e. The molecule has 11 heteroatoms. The van der Waals surface area contributed by atoms with E-state index in [1.54, 1.807) is 23.9 Å². The van der Waals surface area contributed by atoms with Gasteiger partial charge in [-0.25, -0.2) is 4.98 Å². The van der Waals surface area contributed by atoms with E-state index in [2.05, 4.69) is 25.4 Å². The molecule has 3 aromatic heterocycles. The van der Waals surface area contributed by atoms with Crippen LogP contribution in [0.1, 0.15) is 32.6 Å². The molecule has 1 spiro atoms. The molecule has 10 nitrogen and oxygen atoms in total. The monoisotopic (exact) mass is 484 g/mol. The standard InChI is InChI=1S/C23H29ClN8O2/c1-12-18(25)23(11-34-12)6-9-32(10-7-23)22-28-19-15(21(33)31(22)2)17(29-30-19)14-5-8-26-20(16(14)24)27-13-3-4-13/h5,8,12-13,18H,3-4,6-7,9-11,25H2,1-2H3,(H,26,27)(H,29,30)/t12-,18+/m0/s1. The highest BCUT2D eigenvalue weighted by Gasteiger charge is 2.47. The van der Waals surface area contributed by atoms with Gasteiger partial charge in [-0.3, -0.25) is 14.5 Å². The third kappa shape index (κ3) is 3.38. The fraction of sp³-hybridized carbons (Fsp3) is 0.565. The summed E-state index contributed by atoms with van der Waals surface area (Å²) in [5.41, 5.74) is 7.92. The van der Waals surface area contributed by atoms with Gasteiger partial charge >= 0.3 is 0 Å². The van der Waals surface area contributed by atoms with Crippen LogP contribution in [-0.4, -0.2) is 62.6 Å². The third-order valence-electron chi connectivity index (χ3n) is 7.74. The highest BCUT2D eigenvalue weighted by Crippen LogP contribution is 2.42. The first-order valence-corrected chi connectivity index (χ1v) is 12.2. The Morgan fingerprint density at radius 1 is 1.32 bits per heavy atom. The van der Waals surface area contributed by atoms with E-state index in [4.69, 9.17) is 27.1 Å². The summed E-state index contributed by atoms with van der Waals surface area (Å²) in [5, 5.41) is 11.6. The minimum atomic E-state index is -0.164. The van der Waals surface area contributed by atoms with E-state index in [1.165, 1.54) is 0 Å². The maximum atomic E-state index is 13.5. The number of hydrogen-bond acceptors (Lipinski definition) is 8. The number of nitrogens with one attached hydrogen (secondary N) is 2. The summed E-state index contributed by atoms with van der Waals surface area (Å²) in [4.78, 5) is 24.8. The molecule has 3 fully saturated rings. The number of H-pyrrole nitrogens is 1. The van der Waals surface area contributed by atoms with Crippen molar-refractivity contribution in [3.63, 3.8) is 0 Å². The Morgan fingerprint density at radius 3 is 2.76 bits per heavy atom. The van der Waals surface area contributed by atoms with Crippen molar-refractivity contribution in [1.29, 1.82) is 0 Å². The highest BCUT2D eigenvalue weighted by atomic mass is 35.5. The number of nitrogens with two attached hydrogens (primary N) is 1. The summed E-state index contributed by atoms with van der Waals surface area (Å²) in [7, 11) is 1.76. The number of pyridine rings is 1. The van der Waals surface area contributed by atoms with Gasteiger partial charge in [0.2, 0.25) is 5.95 Å². The van der Waals surface area contributed by atoms with Gasteiger partial charge in [0.1, 0.15) is 11.2 Å². The quantitative estimate of drug-likeness (QED) is 0.514. The molecule has 2 saturated heterocycles. The van der Waals surface area contributed by atoms with E-state index < -0.39 is 0 Å². The number of aromatic nitrogens is 5. The van der Waals surface area contributed by atoms with Crippen LogP contribution in [0.5, 0.6) is 0 Å². The normalized spacial score (nSPS) is 24.3. The second-order valence-electron chi connectivity index (χ2n) is 9.90. The van der Waals surface area contributed by atoms with Crippen LogP contribution in [0, 0.1) is 5.41 Å². The molecule has 5 heterocycles. The van der Waals surface area contributed by atoms with Crippen molar-refractivity contribution in [2.24, 2.45) is 18.2 Å². The summed E-state index contributed by atoms with van der Waals surface area (Å²) < 4.78 is 7.44. The van der Waals surface area contributed by atoms with E-state index in [9.17, 15) is 4.79 Å². The van der Waals surface area contributed by atoms with Gasteiger partial charge in [-0.05, 0) is 38.7 Å². The van der Waals surface area contributed by atoms with Crippen molar-refractivity contribution in [2.75, 3.05) is 29.9 Å². The van der Waals surface area contributed by atoms with Crippen LogP contribution in [0.15, 0.2) is 17.1 Å². The van der Waals surface area contributed by atoms with Gasteiger partial charge in [0, 0.05) is 49.4 Å². The Morgan fingerprint density at radius 2 is 2.09 bits per heavy atom. The minimum absolute atomic E-state index is 0.00267. The molecular weight excluding hydrogens is 456 g/mol. The molecule has 4 N–H and O–H groups in total. The molecule has 3 aromatic rings. The van der Waals surface area contributed by atoms with Gasteiger partial charge in [-0.2, -0.15) is 10.1 Å². The molecule has 2 atom stereocenters. The summed E-state index contributed by atoms with van der Waals surface area (Å²) in [6, 6.07) is 2.24. The average molecular weight is 485 g/mol. The Kier molecular flexibility index (Phi) is 5.09. The van der Waals surface area contributed by atoms with Gasteiger partial charge < -0.3 is 20.7 Å². The lowest BCUT2D eigenvalue weighted by Gasteiger charge is -2.41. The second kappa shape index (κ2) is 7.93. The molecule has 34 heavy (non-hydrogen) atoms. The highest BCUT2D eigenvalue weighted by molar-refractivity contribution is 6.36. The smallest absolute Gasteiger partial charge is 0.266 e. The van der Waals surface area contributed by atoms with Crippen LogP contribution in [0.4, 0.5) is 11.8 Å². The van der Waals surface area contributed by atoms with Crippen LogP contribution in [-0.2, 0) is 11.8 Å². The SMILES string of the molecule is C[C@@H]1OCC2(CCN(c3nc4n[nH]c(-c5ccnc(NC6CC6)c5Cl)c4c(=O)n3C)CC2)[C@@H]1N. The van der Waals surface area contributed by atoms with Crippen LogP contribution in [0.3, 0.4) is 0 Å². The van der Waals surface area contributed by atoms with Crippen LogP contribution >= 0.6 is 11.6 Å². The zero-order valence-electron chi connectivity index (χ0n) is 19.3. The maximum absolute atomic E-state index is 13.5. The first-order chi connectivity index (χ1) is 16.4. The lowest BCUT2D eigenvalue weighted by Crippen LogP contribution is -2.51. The Balaban J connectivity index is 1.33. The van der Waals surface area contributed by atoms with E-state index in [1.807, 2.05) is 6.92 Å². The molecule has 1 aliphatic carbocycles. The molecule has 0 unspecified atom stereocenters. The van der Waals surface area contributed by atoms with Crippen molar-refractivity contribution in [1.82, 2.24) is 24.7 Å². The van der Waals surface area contributed by atoms with E-state index in [0.717, 1.165) is 38.8 Å². The van der Waals surface area contributed by atoms with Crippen LogP contribution < -0.4 is 21.5 Å². The molecule has 180 valence electrons. The molecule has 0 amide bonds. The fourth-order valence-corrected chi connectivity index (χ4v) is 5.57. The van der Waals surface area contributed by atoms with E-state index in [0.29, 0.717) is 51.7 Å². The second-order valence-corrected chi connectivity index (χ2v) is 10.3. The van der Waals surface area contributed by atoms with Gasteiger partial charge in [-0.15, -0.1) is 0 Å². The van der Waals surface area contributed by atoms with Gasteiger partial charge in [-0.1, -0.05) is 11.6 Å². The molecule has 1 saturated carbocycles. The molecule has 6 rings (SSSR count). The van der Waals surface area contributed by atoms with Crippen molar-refractivity contribution in [3.8, 4) is 11.3 Å². The van der Waals surface area contributed by atoms with Gasteiger partial charge in [0.15, 0.2) is 5.65 Å². The van der Waals surface area contributed by atoms with Crippen molar-refractivity contribution >= 4 is 34.4 Å². The molecular formula is C23H29ClN8O2. The molecule has 0 radical (unpaired) electrons. The number of nitrogens with zero attached hydrogens (tertiary/aromatic N) is 5. The zero-order valence-corrected chi connectivity index (χ0v) is 20.1.